The van der Waals surface area contributed by atoms with Gasteiger partial charge >= 0.3 is 0 Å². The van der Waals surface area contributed by atoms with Gasteiger partial charge in [-0.3, -0.25) is 14.4 Å². The van der Waals surface area contributed by atoms with Crippen LogP contribution in [0.15, 0.2) is 60.8 Å². The van der Waals surface area contributed by atoms with E-state index in [1.165, 1.54) is 4.90 Å². The molecule has 0 bridgehead atoms. The molecular formula is C32H35F2N5O3. The summed E-state index contributed by atoms with van der Waals surface area (Å²) in [5.41, 5.74) is 3.61. The van der Waals surface area contributed by atoms with Crippen molar-refractivity contribution in [2.75, 3.05) is 23.7 Å². The van der Waals surface area contributed by atoms with E-state index in [1.807, 2.05) is 54.6 Å². The molecule has 1 unspecified atom stereocenters. The van der Waals surface area contributed by atoms with Gasteiger partial charge in [0.05, 0.1) is 12.0 Å². The largest absolute Gasteiger partial charge is 0.329 e. The van der Waals surface area contributed by atoms with Crippen molar-refractivity contribution in [3.05, 3.63) is 88.6 Å². The number of rotatable bonds is 9. The number of carbonyl (C=O) groups excluding carboxylic acids is 3. The number of fused-ring (bicyclic) bond motifs is 3. The van der Waals surface area contributed by atoms with Gasteiger partial charge in [0.1, 0.15) is 12.4 Å². The van der Waals surface area contributed by atoms with Crippen molar-refractivity contribution in [2.45, 2.75) is 58.5 Å². The van der Waals surface area contributed by atoms with Gasteiger partial charge in [0.2, 0.25) is 17.7 Å². The van der Waals surface area contributed by atoms with Crippen molar-refractivity contribution < 1.29 is 23.2 Å². The van der Waals surface area contributed by atoms with Crippen molar-refractivity contribution in [1.29, 1.82) is 0 Å². The lowest BCUT2D eigenvalue weighted by Gasteiger charge is -2.30. The standard InChI is InChI=1S/C32H35F2N5O3/c1-31(2,3)30(42)39(18-22-8-5-4-7-21(22)16-35-17-26(33)34)19-27(40)37-24-11-10-20-14-32(15-23(20)13-24)25-9-6-12-36-28(25)38-29(32)41/h4-13,26,35H,14-19H2,1-3H3,(H,37,40)(H,36,38,41). The molecule has 0 radical (unpaired) electrons. The summed E-state index contributed by atoms with van der Waals surface area (Å²) in [4.78, 5) is 45.5. The quantitative estimate of drug-likeness (QED) is 0.350. The zero-order valence-corrected chi connectivity index (χ0v) is 24.0. The highest BCUT2D eigenvalue weighted by molar-refractivity contribution is 6.06. The summed E-state index contributed by atoms with van der Waals surface area (Å²) >= 11 is 0. The Morgan fingerprint density at radius 3 is 2.52 bits per heavy atom. The molecule has 3 N–H and O–H groups in total. The number of nitrogens with zero attached hydrogens (tertiary/aromatic N) is 2. The molecule has 1 spiro atoms. The smallest absolute Gasteiger partial charge is 0.250 e. The van der Waals surface area contributed by atoms with Gasteiger partial charge < -0.3 is 20.9 Å². The van der Waals surface area contributed by atoms with Gasteiger partial charge in [-0.05, 0) is 53.3 Å². The van der Waals surface area contributed by atoms with Gasteiger partial charge in [-0.1, -0.05) is 57.2 Å². The van der Waals surface area contributed by atoms with Gasteiger partial charge in [-0.2, -0.15) is 0 Å². The lowest BCUT2D eigenvalue weighted by atomic mass is 9.79. The second-order valence-electron chi connectivity index (χ2n) is 12.0. The summed E-state index contributed by atoms with van der Waals surface area (Å²) in [5, 5.41) is 8.56. The summed E-state index contributed by atoms with van der Waals surface area (Å²) in [6.45, 7) is 5.14. The van der Waals surface area contributed by atoms with Crippen LogP contribution in [-0.4, -0.2) is 47.1 Å². The third-order valence-corrected chi connectivity index (χ3v) is 7.82. The van der Waals surface area contributed by atoms with Gasteiger partial charge in [0.25, 0.3) is 6.43 Å². The van der Waals surface area contributed by atoms with E-state index in [0.29, 0.717) is 24.3 Å². The maximum Gasteiger partial charge on any atom is 0.250 e. The number of halogens is 2. The molecule has 0 fully saturated rings. The van der Waals surface area contributed by atoms with E-state index in [2.05, 4.69) is 20.9 Å². The number of anilines is 2. The van der Waals surface area contributed by atoms with E-state index >= 15 is 0 Å². The summed E-state index contributed by atoms with van der Waals surface area (Å²) in [5.74, 6) is -0.0389. The zero-order chi connectivity index (χ0) is 30.1. The molecule has 1 atom stereocenters. The Morgan fingerprint density at radius 2 is 1.79 bits per heavy atom. The fraction of sp³-hybridized carbons (Fsp3) is 0.375. The number of benzene rings is 2. The predicted molar refractivity (Wildman–Crippen MR) is 156 cm³/mol. The molecule has 0 saturated carbocycles. The zero-order valence-electron chi connectivity index (χ0n) is 24.0. The third kappa shape index (κ3) is 6.04. The summed E-state index contributed by atoms with van der Waals surface area (Å²) in [7, 11) is 0. The first kappa shape index (κ1) is 29.3. The second-order valence-corrected chi connectivity index (χ2v) is 12.0. The molecule has 8 nitrogen and oxygen atoms in total. The number of alkyl halides is 2. The summed E-state index contributed by atoms with van der Waals surface area (Å²) in [6, 6.07) is 16.7. The molecule has 2 aliphatic rings. The van der Waals surface area contributed by atoms with Crippen molar-refractivity contribution in [3.63, 3.8) is 0 Å². The first-order valence-electron chi connectivity index (χ1n) is 14.0. The van der Waals surface area contributed by atoms with Crippen LogP contribution in [0.4, 0.5) is 20.3 Å². The highest BCUT2D eigenvalue weighted by Gasteiger charge is 2.51. The fourth-order valence-electron chi connectivity index (χ4n) is 5.80. The summed E-state index contributed by atoms with van der Waals surface area (Å²) < 4.78 is 25.3. The highest BCUT2D eigenvalue weighted by atomic mass is 19.3. The molecule has 10 heteroatoms. The number of amides is 3. The average molecular weight is 576 g/mol. The van der Waals surface area contributed by atoms with Crippen LogP contribution < -0.4 is 16.0 Å². The molecule has 1 aliphatic heterocycles. The molecule has 2 heterocycles. The maximum absolute atomic E-state index is 13.4. The van der Waals surface area contributed by atoms with Crippen molar-refractivity contribution in [2.24, 2.45) is 5.41 Å². The van der Waals surface area contributed by atoms with Gasteiger partial charge in [-0.25, -0.2) is 13.8 Å². The number of nitrogens with one attached hydrogen (secondary N) is 3. The van der Waals surface area contributed by atoms with E-state index < -0.39 is 23.8 Å². The predicted octanol–water partition coefficient (Wildman–Crippen LogP) is 4.44. The second kappa shape index (κ2) is 11.6. The van der Waals surface area contributed by atoms with Crippen molar-refractivity contribution in [3.8, 4) is 0 Å². The molecular weight excluding hydrogens is 540 g/mol. The Labute approximate surface area is 243 Å². The molecule has 3 aromatic rings. The van der Waals surface area contributed by atoms with Crippen LogP contribution >= 0.6 is 0 Å². The van der Waals surface area contributed by atoms with Crippen LogP contribution in [0.2, 0.25) is 0 Å². The Hall–Kier alpha value is -4.18. The normalized spacial score (nSPS) is 17.2. The van der Waals surface area contributed by atoms with Gasteiger partial charge in [-0.15, -0.1) is 0 Å². The van der Waals surface area contributed by atoms with E-state index in [1.54, 1.807) is 27.0 Å². The Balaban J connectivity index is 1.30. The Bertz CT molecular complexity index is 1520. The van der Waals surface area contributed by atoms with Crippen LogP contribution in [-0.2, 0) is 45.7 Å². The van der Waals surface area contributed by atoms with Crippen LogP contribution in [0.1, 0.15) is 48.6 Å². The van der Waals surface area contributed by atoms with Crippen LogP contribution in [0, 0.1) is 5.41 Å². The highest BCUT2D eigenvalue weighted by Crippen LogP contribution is 2.46. The molecule has 42 heavy (non-hydrogen) atoms. The topological polar surface area (TPSA) is 103 Å². The molecule has 1 aliphatic carbocycles. The van der Waals surface area contributed by atoms with Gasteiger partial charge in [0, 0.05) is 36.0 Å². The van der Waals surface area contributed by atoms with E-state index in [4.69, 9.17) is 0 Å². The first-order valence-corrected chi connectivity index (χ1v) is 14.0. The lowest BCUT2D eigenvalue weighted by molar-refractivity contribution is -0.142. The van der Waals surface area contributed by atoms with E-state index in [-0.39, 0.29) is 37.4 Å². The lowest BCUT2D eigenvalue weighted by Crippen LogP contribution is -2.43. The fourth-order valence-corrected chi connectivity index (χ4v) is 5.80. The minimum Gasteiger partial charge on any atom is -0.329 e. The number of hydrogen-bond acceptors (Lipinski definition) is 5. The minimum atomic E-state index is -2.47. The number of hydrogen-bond donors (Lipinski definition) is 3. The number of pyridine rings is 1. The SMILES string of the molecule is CC(C)(C)C(=O)N(CC(=O)Nc1ccc2c(c1)CC1(C2)C(=O)Nc2ncccc21)Cc1ccccc1CNCC(F)F. The molecule has 5 rings (SSSR count). The number of carbonyl (C=O) groups is 3. The van der Waals surface area contributed by atoms with Gasteiger partial charge in [0.15, 0.2) is 0 Å². The van der Waals surface area contributed by atoms with Crippen molar-refractivity contribution >= 4 is 29.2 Å². The average Bonchev–Trinajstić information content (AvgIpc) is 3.45. The molecule has 220 valence electrons. The monoisotopic (exact) mass is 575 g/mol. The third-order valence-electron chi connectivity index (χ3n) is 7.82. The number of aromatic nitrogens is 1. The van der Waals surface area contributed by atoms with Crippen LogP contribution in [0.3, 0.4) is 0 Å². The maximum atomic E-state index is 13.4. The van der Waals surface area contributed by atoms with Crippen LogP contribution in [0.25, 0.3) is 0 Å². The molecule has 1 aromatic heterocycles. The van der Waals surface area contributed by atoms with E-state index in [0.717, 1.165) is 27.8 Å². The van der Waals surface area contributed by atoms with Crippen LogP contribution in [0.5, 0.6) is 0 Å². The van der Waals surface area contributed by atoms with Crippen molar-refractivity contribution in [1.82, 2.24) is 15.2 Å². The molecule has 2 aromatic carbocycles. The Morgan fingerprint density at radius 1 is 1.05 bits per heavy atom. The molecule has 3 amide bonds. The summed E-state index contributed by atoms with van der Waals surface area (Å²) in [6.07, 6.45) is 0.250. The minimum absolute atomic E-state index is 0.0704. The Kier molecular flexibility index (Phi) is 8.10. The van der Waals surface area contributed by atoms with E-state index in [9.17, 15) is 23.2 Å². The molecule has 0 saturated heterocycles. The first-order chi connectivity index (χ1) is 20.0.